The minimum atomic E-state index is 0.300. The first-order valence-electron chi connectivity index (χ1n) is 21.9. The Kier molecular flexibility index (Phi) is 10.1. The summed E-state index contributed by atoms with van der Waals surface area (Å²) in [5, 5.41) is 0. The van der Waals surface area contributed by atoms with Gasteiger partial charge in [0.1, 0.15) is 0 Å². The Morgan fingerprint density at radius 3 is 1.29 bits per heavy atom. The second-order valence-corrected chi connectivity index (χ2v) is 16.5. The van der Waals surface area contributed by atoms with Crippen molar-refractivity contribution < 1.29 is 0 Å². The second-order valence-electron chi connectivity index (χ2n) is 16.5. The molecule has 9 aromatic rings. The fourth-order valence-electron chi connectivity index (χ4n) is 9.46. The Bertz CT molecular complexity index is 3070. The fourth-order valence-corrected chi connectivity index (χ4v) is 9.46. The number of hydrogen-bond acceptors (Lipinski definition) is 1. The molecule has 2 atom stereocenters. The highest BCUT2D eigenvalue weighted by Gasteiger charge is 2.29. The molecule has 0 spiro atoms. The first-order chi connectivity index (χ1) is 31.2. The van der Waals surface area contributed by atoms with E-state index in [-0.39, 0.29) is 0 Å². The number of nitrogens with zero attached hydrogens (tertiary/aromatic N) is 1. The zero-order valence-corrected chi connectivity index (χ0v) is 34.9. The molecular formula is C62H45N. The van der Waals surface area contributed by atoms with Gasteiger partial charge in [0.2, 0.25) is 0 Å². The van der Waals surface area contributed by atoms with Gasteiger partial charge in [0.15, 0.2) is 0 Å². The monoisotopic (exact) mass is 803 g/mol. The van der Waals surface area contributed by atoms with Crippen molar-refractivity contribution in [2.24, 2.45) is 5.92 Å². The van der Waals surface area contributed by atoms with Crippen LogP contribution in [0.2, 0.25) is 0 Å². The van der Waals surface area contributed by atoms with E-state index in [2.05, 4.69) is 266 Å². The van der Waals surface area contributed by atoms with E-state index in [4.69, 9.17) is 0 Å². The molecule has 0 saturated heterocycles. The van der Waals surface area contributed by atoms with Gasteiger partial charge in [0.25, 0.3) is 0 Å². The molecular weight excluding hydrogens is 759 g/mol. The minimum absolute atomic E-state index is 0.300. The Hall–Kier alpha value is -8.00. The lowest BCUT2D eigenvalue weighted by atomic mass is 9.73. The summed E-state index contributed by atoms with van der Waals surface area (Å²) >= 11 is 0. The first-order valence-corrected chi connectivity index (χ1v) is 21.9. The van der Waals surface area contributed by atoms with Crippen LogP contribution >= 0.6 is 0 Å². The average Bonchev–Trinajstić information content (AvgIpc) is 3.37. The van der Waals surface area contributed by atoms with Crippen molar-refractivity contribution in [3.8, 4) is 55.6 Å². The van der Waals surface area contributed by atoms with Gasteiger partial charge in [-0.25, -0.2) is 0 Å². The van der Waals surface area contributed by atoms with Crippen LogP contribution in [0.4, 0.5) is 17.1 Å². The Labute approximate surface area is 370 Å². The number of fused-ring (bicyclic) bond motifs is 3. The Morgan fingerprint density at radius 1 is 0.302 bits per heavy atom. The van der Waals surface area contributed by atoms with Crippen LogP contribution in [0, 0.1) is 5.92 Å². The van der Waals surface area contributed by atoms with Gasteiger partial charge in [0, 0.05) is 28.8 Å². The topological polar surface area (TPSA) is 3.24 Å². The van der Waals surface area contributed by atoms with E-state index >= 15 is 0 Å². The third-order valence-corrected chi connectivity index (χ3v) is 12.6. The number of hydrogen-bond donors (Lipinski definition) is 0. The quantitative estimate of drug-likeness (QED) is 0.140. The molecule has 0 bridgehead atoms. The highest BCUT2D eigenvalue weighted by molar-refractivity contribution is 5.94. The zero-order chi connectivity index (χ0) is 42.0. The summed E-state index contributed by atoms with van der Waals surface area (Å²) in [6.45, 7) is 0. The SMILES string of the molecule is C1=CC2C=C(c3ccc(-c4ccccc4)c(N(c4ccc(-c5ccccc5)cc4)c4ccc(-c5cc(-c6ccccc6)cc(-c6ccccc6)c5)cc4)c3)c3ccccc3C2C=C1. The highest BCUT2D eigenvalue weighted by atomic mass is 15.1. The van der Waals surface area contributed by atoms with Gasteiger partial charge in [-0.3, -0.25) is 0 Å². The van der Waals surface area contributed by atoms with Crippen LogP contribution in [0.1, 0.15) is 22.6 Å². The van der Waals surface area contributed by atoms with Crippen molar-refractivity contribution >= 4 is 22.6 Å². The molecule has 11 rings (SSSR count). The molecule has 2 aliphatic carbocycles. The summed E-state index contributed by atoms with van der Waals surface area (Å²) in [6.07, 6.45) is 11.6. The molecule has 0 aliphatic heterocycles. The van der Waals surface area contributed by atoms with Crippen LogP contribution in [-0.2, 0) is 0 Å². The van der Waals surface area contributed by atoms with Crippen molar-refractivity contribution in [1.29, 1.82) is 0 Å². The van der Waals surface area contributed by atoms with Crippen molar-refractivity contribution in [3.63, 3.8) is 0 Å². The van der Waals surface area contributed by atoms with E-state index in [9.17, 15) is 0 Å². The minimum Gasteiger partial charge on any atom is -0.310 e. The van der Waals surface area contributed by atoms with Crippen molar-refractivity contribution in [2.45, 2.75) is 5.92 Å². The predicted molar refractivity (Wildman–Crippen MR) is 266 cm³/mol. The molecule has 0 radical (unpaired) electrons. The summed E-state index contributed by atoms with van der Waals surface area (Å²) in [6, 6.07) is 84.0. The molecule has 1 nitrogen and oxygen atoms in total. The molecule has 0 amide bonds. The van der Waals surface area contributed by atoms with Crippen LogP contribution in [0.15, 0.2) is 261 Å². The number of anilines is 3. The van der Waals surface area contributed by atoms with E-state index in [1.807, 2.05) is 0 Å². The van der Waals surface area contributed by atoms with Crippen LogP contribution in [0.25, 0.3) is 61.2 Å². The fraction of sp³-hybridized carbons (Fsp3) is 0.0323. The molecule has 0 heterocycles. The standard InChI is InChI=1S/C62H45N/c1-5-17-44(18-6-1)47-29-34-55(35-30-47)63(56-36-31-48(32-37-56)54-40-52(45-19-7-2-8-20-45)39-53(41-54)46-21-9-3-10-22-46)62-43-51(33-38-58(62)49-23-11-4-12-24-49)61-42-50-25-13-14-26-57(50)59-27-15-16-28-60(59)61/h1-43,50,57H. The summed E-state index contributed by atoms with van der Waals surface area (Å²) in [5.74, 6) is 0.641. The smallest absolute Gasteiger partial charge is 0.0546 e. The summed E-state index contributed by atoms with van der Waals surface area (Å²) < 4.78 is 0. The predicted octanol–water partition coefficient (Wildman–Crippen LogP) is 16.8. The summed E-state index contributed by atoms with van der Waals surface area (Å²) in [7, 11) is 0. The third-order valence-electron chi connectivity index (χ3n) is 12.6. The maximum Gasteiger partial charge on any atom is 0.0546 e. The van der Waals surface area contributed by atoms with E-state index in [1.54, 1.807) is 0 Å². The van der Waals surface area contributed by atoms with Crippen molar-refractivity contribution in [2.75, 3.05) is 4.90 Å². The van der Waals surface area contributed by atoms with Gasteiger partial charge in [-0.05, 0) is 121 Å². The normalized spacial score (nSPS) is 15.0. The van der Waals surface area contributed by atoms with Crippen LogP contribution in [0.5, 0.6) is 0 Å². The van der Waals surface area contributed by atoms with Gasteiger partial charge >= 0.3 is 0 Å². The number of allylic oxidation sites excluding steroid dienone is 5. The molecule has 298 valence electrons. The Balaban J connectivity index is 1.08. The summed E-state index contributed by atoms with van der Waals surface area (Å²) in [4.78, 5) is 2.45. The number of rotatable bonds is 9. The van der Waals surface area contributed by atoms with Gasteiger partial charge in [-0.2, -0.15) is 0 Å². The molecule has 0 fully saturated rings. The molecule has 0 N–H and O–H groups in total. The van der Waals surface area contributed by atoms with E-state index < -0.39 is 0 Å². The summed E-state index contributed by atoms with van der Waals surface area (Å²) in [5.41, 5.74) is 20.3. The number of benzene rings is 9. The lowest BCUT2D eigenvalue weighted by Gasteiger charge is -2.32. The molecule has 0 aromatic heterocycles. The third kappa shape index (κ3) is 7.56. The maximum absolute atomic E-state index is 2.48. The van der Waals surface area contributed by atoms with Crippen LogP contribution < -0.4 is 4.90 Å². The van der Waals surface area contributed by atoms with Gasteiger partial charge in [-0.1, -0.05) is 212 Å². The van der Waals surface area contributed by atoms with E-state index in [0.29, 0.717) is 11.8 Å². The van der Waals surface area contributed by atoms with Gasteiger partial charge < -0.3 is 4.90 Å². The van der Waals surface area contributed by atoms with Gasteiger partial charge in [0.05, 0.1) is 5.69 Å². The lowest BCUT2D eigenvalue weighted by Crippen LogP contribution is -2.16. The average molecular weight is 804 g/mol. The zero-order valence-electron chi connectivity index (χ0n) is 34.9. The largest absolute Gasteiger partial charge is 0.310 e. The first kappa shape index (κ1) is 38.0. The van der Waals surface area contributed by atoms with Crippen LogP contribution in [-0.4, -0.2) is 0 Å². The van der Waals surface area contributed by atoms with Crippen LogP contribution in [0.3, 0.4) is 0 Å². The van der Waals surface area contributed by atoms with E-state index in [0.717, 1.165) is 17.1 Å². The van der Waals surface area contributed by atoms with Crippen molar-refractivity contribution in [3.05, 3.63) is 278 Å². The second kappa shape index (κ2) is 16.8. The molecule has 2 aliphatic rings. The van der Waals surface area contributed by atoms with Crippen molar-refractivity contribution in [1.82, 2.24) is 0 Å². The highest BCUT2D eigenvalue weighted by Crippen LogP contribution is 2.47. The maximum atomic E-state index is 2.48. The van der Waals surface area contributed by atoms with Gasteiger partial charge in [-0.15, -0.1) is 0 Å². The molecule has 63 heavy (non-hydrogen) atoms. The van der Waals surface area contributed by atoms with E-state index in [1.165, 1.54) is 77.9 Å². The molecule has 9 aromatic carbocycles. The molecule has 0 saturated carbocycles. The Morgan fingerprint density at radius 2 is 0.730 bits per heavy atom. The molecule has 2 unspecified atom stereocenters. The molecule has 1 heteroatoms. The lowest BCUT2D eigenvalue weighted by molar-refractivity contribution is 0.689.